The molecule has 0 bridgehead atoms. The number of aryl methyl sites for hydroxylation is 3. The highest BCUT2D eigenvalue weighted by molar-refractivity contribution is 7.93. The first-order valence-corrected chi connectivity index (χ1v) is 9.27. The van der Waals surface area contributed by atoms with Crippen LogP contribution in [0.25, 0.3) is 11.5 Å². The van der Waals surface area contributed by atoms with Gasteiger partial charge in [0.15, 0.2) is 0 Å². The van der Waals surface area contributed by atoms with Crippen molar-refractivity contribution in [3.8, 4) is 11.5 Å². The number of oxazole rings is 1. The summed E-state index contributed by atoms with van der Waals surface area (Å²) in [4.78, 5) is 6.15. The molecule has 120 valence electrons. The van der Waals surface area contributed by atoms with E-state index in [1.165, 1.54) is 17.6 Å². The summed E-state index contributed by atoms with van der Waals surface area (Å²) in [6.07, 6.45) is 3.03. The second-order valence-corrected chi connectivity index (χ2v) is 8.36. The Labute approximate surface area is 139 Å². The van der Waals surface area contributed by atoms with Crippen LogP contribution in [0.2, 0.25) is 0 Å². The number of anilines is 1. The van der Waals surface area contributed by atoms with Crippen molar-refractivity contribution in [1.29, 1.82) is 0 Å². The predicted molar refractivity (Wildman–Crippen MR) is 91.3 cm³/mol. The lowest BCUT2D eigenvalue weighted by atomic mass is 10.1. The molecule has 0 amide bonds. The largest absolute Gasteiger partial charge is 0.445 e. The smallest absolute Gasteiger partial charge is 0.263 e. The maximum atomic E-state index is 12.6. The molecule has 0 unspecified atom stereocenters. The molecular weight excluding hydrogens is 332 g/mol. The average Bonchev–Trinajstić information content (AvgIpc) is 3.11. The summed E-state index contributed by atoms with van der Waals surface area (Å²) in [5, 5.41) is 0. The van der Waals surface area contributed by atoms with Gasteiger partial charge >= 0.3 is 0 Å². The highest BCUT2D eigenvalue weighted by Crippen LogP contribution is 2.29. The lowest BCUT2D eigenvalue weighted by Crippen LogP contribution is -2.14. The first kappa shape index (κ1) is 15.8. The number of hydrogen-bond acceptors (Lipinski definition) is 5. The van der Waals surface area contributed by atoms with Crippen molar-refractivity contribution in [3.63, 3.8) is 0 Å². The van der Waals surface area contributed by atoms with E-state index in [2.05, 4.69) is 9.71 Å². The molecule has 1 aromatic carbocycles. The fourth-order valence-electron chi connectivity index (χ4n) is 2.31. The zero-order valence-corrected chi connectivity index (χ0v) is 14.6. The van der Waals surface area contributed by atoms with E-state index in [4.69, 9.17) is 4.42 Å². The standard InChI is InChI=1S/C16H16N2O3S2/c1-10-4-5-13(16-17-6-7-21-16)9-14(10)18-23(19,20)15-8-11(2)22-12(15)3/h4-9,18H,1-3H3. The third kappa shape index (κ3) is 3.16. The Morgan fingerprint density at radius 1 is 1.17 bits per heavy atom. The van der Waals surface area contributed by atoms with Crippen molar-refractivity contribution < 1.29 is 12.8 Å². The van der Waals surface area contributed by atoms with Crippen molar-refractivity contribution in [2.24, 2.45) is 0 Å². The second-order valence-electron chi connectivity index (χ2n) is 5.25. The summed E-state index contributed by atoms with van der Waals surface area (Å²) in [5.41, 5.74) is 2.06. The van der Waals surface area contributed by atoms with Gasteiger partial charge in [0.1, 0.15) is 11.2 Å². The van der Waals surface area contributed by atoms with Gasteiger partial charge in [-0.25, -0.2) is 13.4 Å². The molecule has 3 aromatic rings. The normalized spacial score (nSPS) is 11.6. The molecule has 0 aliphatic carbocycles. The summed E-state index contributed by atoms with van der Waals surface area (Å²) >= 11 is 1.47. The van der Waals surface area contributed by atoms with Crippen molar-refractivity contribution in [1.82, 2.24) is 4.98 Å². The number of benzene rings is 1. The van der Waals surface area contributed by atoms with Gasteiger partial charge in [0.2, 0.25) is 5.89 Å². The summed E-state index contributed by atoms with van der Waals surface area (Å²) in [6, 6.07) is 7.10. The Morgan fingerprint density at radius 2 is 1.96 bits per heavy atom. The molecule has 7 heteroatoms. The number of nitrogens with zero attached hydrogens (tertiary/aromatic N) is 1. The fraction of sp³-hybridized carbons (Fsp3) is 0.188. The molecule has 23 heavy (non-hydrogen) atoms. The molecule has 5 nitrogen and oxygen atoms in total. The van der Waals surface area contributed by atoms with E-state index in [0.717, 1.165) is 20.9 Å². The van der Waals surface area contributed by atoms with Crippen LogP contribution in [0.15, 0.2) is 46.0 Å². The number of sulfonamides is 1. The van der Waals surface area contributed by atoms with Crippen LogP contribution >= 0.6 is 11.3 Å². The molecule has 0 atom stereocenters. The van der Waals surface area contributed by atoms with Gasteiger partial charge in [-0.3, -0.25) is 4.72 Å². The summed E-state index contributed by atoms with van der Waals surface area (Å²) in [7, 11) is -3.62. The lowest BCUT2D eigenvalue weighted by molar-refractivity contribution is 0.574. The number of hydrogen-bond donors (Lipinski definition) is 1. The van der Waals surface area contributed by atoms with Crippen LogP contribution in [0.4, 0.5) is 5.69 Å². The van der Waals surface area contributed by atoms with Gasteiger partial charge in [-0.1, -0.05) is 6.07 Å². The fourth-order valence-corrected chi connectivity index (χ4v) is 4.98. The van der Waals surface area contributed by atoms with Crippen molar-refractivity contribution in [2.45, 2.75) is 25.7 Å². The van der Waals surface area contributed by atoms with E-state index in [9.17, 15) is 8.42 Å². The third-order valence-corrected chi connectivity index (χ3v) is 6.03. The lowest BCUT2D eigenvalue weighted by Gasteiger charge is -2.11. The average molecular weight is 348 g/mol. The van der Waals surface area contributed by atoms with E-state index < -0.39 is 10.0 Å². The minimum absolute atomic E-state index is 0.320. The van der Waals surface area contributed by atoms with E-state index >= 15 is 0 Å². The van der Waals surface area contributed by atoms with Gasteiger partial charge in [0, 0.05) is 15.3 Å². The number of nitrogens with one attached hydrogen (secondary N) is 1. The topological polar surface area (TPSA) is 72.2 Å². The van der Waals surface area contributed by atoms with Crippen LogP contribution in [0.3, 0.4) is 0 Å². The molecule has 0 spiro atoms. The van der Waals surface area contributed by atoms with Gasteiger partial charge in [0.25, 0.3) is 10.0 Å². The zero-order chi connectivity index (χ0) is 16.6. The molecule has 0 aliphatic heterocycles. The minimum atomic E-state index is -3.62. The van der Waals surface area contributed by atoms with Crippen LogP contribution in [0, 0.1) is 20.8 Å². The number of rotatable bonds is 4. The summed E-state index contributed by atoms with van der Waals surface area (Å²) in [5.74, 6) is 0.452. The molecule has 0 fully saturated rings. The quantitative estimate of drug-likeness (QED) is 0.769. The summed E-state index contributed by atoms with van der Waals surface area (Å²) < 4.78 is 33.2. The van der Waals surface area contributed by atoms with Crippen molar-refractivity contribution in [3.05, 3.63) is 52.0 Å². The van der Waals surface area contributed by atoms with Crippen LogP contribution in [0.5, 0.6) is 0 Å². The van der Waals surface area contributed by atoms with Crippen LogP contribution < -0.4 is 4.72 Å². The number of aromatic nitrogens is 1. The molecule has 0 saturated carbocycles. The molecule has 3 rings (SSSR count). The van der Waals surface area contributed by atoms with Crippen LogP contribution in [0.1, 0.15) is 15.3 Å². The minimum Gasteiger partial charge on any atom is -0.445 e. The zero-order valence-electron chi connectivity index (χ0n) is 13.0. The van der Waals surface area contributed by atoms with Crippen molar-refractivity contribution in [2.75, 3.05) is 4.72 Å². The van der Waals surface area contributed by atoms with E-state index in [1.54, 1.807) is 18.3 Å². The van der Waals surface area contributed by atoms with Gasteiger partial charge < -0.3 is 4.42 Å². The SMILES string of the molecule is Cc1cc(S(=O)(=O)Nc2cc(-c3ncco3)ccc2C)c(C)s1. The number of thiophene rings is 1. The monoisotopic (exact) mass is 348 g/mol. The molecule has 2 heterocycles. The van der Waals surface area contributed by atoms with E-state index in [-0.39, 0.29) is 0 Å². The molecule has 2 aromatic heterocycles. The molecule has 1 N–H and O–H groups in total. The molecule has 0 aliphatic rings. The van der Waals surface area contributed by atoms with Gasteiger partial charge in [-0.2, -0.15) is 0 Å². The van der Waals surface area contributed by atoms with Crippen LogP contribution in [-0.2, 0) is 10.0 Å². The molecule has 0 radical (unpaired) electrons. The highest BCUT2D eigenvalue weighted by atomic mass is 32.2. The van der Waals surface area contributed by atoms with E-state index in [0.29, 0.717) is 16.5 Å². The van der Waals surface area contributed by atoms with Crippen molar-refractivity contribution >= 4 is 27.0 Å². The van der Waals surface area contributed by atoms with Gasteiger partial charge in [0.05, 0.1) is 11.9 Å². The highest BCUT2D eigenvalue weighted by Gasteiger charge is 2.20. The predicted octanol–water partition coefficient (Wildman–Crippen LogP) is 4.13. The molecular formula is C16H16N2O3S2. The Hall–Kier alpha value is -2.12. The Kier molecular flexibility index (Phi) is 3.99. The van der Waals surface area contributed by atoms with E-state index in [1.807, 2.05) is 32.9 Å². The third-order valence-electron chi connectivity index (χ3n) is 3.45. The Balaban J connectivity index is 1.99. The maximum Gasteiger partial charge on any atom is 0.263 e. The first-order valence-electron chi connectivity index (χ1n) is 6.97. The van der Waals surface area contributed by atoms with Crippen LogP contribution in [-0.4, -0.2) is 13.4 Å². The summed E-state index contributed by atoms with van der Waals surface area (Å²) in [6.45, 7) is 5.55. The maximum absolute atomic E-state index is 12.6. The Morgan fingerprint density at radius 3 is 2.57 bits per heavy atom. The van der Waals surface area contributed by atoms with Gasteiger partial charge in [-0.15, -0.1) is 11.3 Å². The van der Waals surface area contributed by atoms with Gasteiger partial charge in [-0.05, 0) is 44.5 Å². The first-order chi connectivity index (χ1) is 10.9. The second kappa shape index (κ2) is 5.82. The molecule has 0 saturated heterocycles. The Bertz CT molecular complexity index is 942.